The van der Waals surface area contributed by atoms with Gasteiger partial charge in [0.25, 0.3) is 0 Å². The van der Waals surface area contributed by atoms with E-state index in [-0.39, 0.29) is 4.90 Å². The zero-order chi connectivity index (χ0) is 24.2. The predicted octanol–water partition coefficient (Wildman–Crippen LogP) is 5.65. The number of nitrogens with zero attached hydrogens (tertiary/aromatic N) is 1. The van der Waals surface area contributed by atoms with E-state index < -0.39 is 21.6 Å². The molecular weight excluding hydrogens is 434 g/mol. The van der Waals surface area contributed by atoms with E-state index in [0.717, 1.165) is 42.4 Å². The summed E-state index contributed by atoms with van der Waals surface area (Å²) in [6.07, 6.45) is 3.86. The maximum atomic E-state index is 13.3. The molecule has 0 aliphatic carbocycles. The summed E-state index contributed by atoms with van der Waals surface area (Å²) >= 11 is 0. The number of hydrogen-bond donors (Lipinski definition) is 2. The molecule has 1 fully saturated rings. The van der Waals surface area contributed by atoms with Gasteiger partial charge in [-0.3, -0.25) is 0 Å². The van der Waals surface area contributed by atoms with E-state index in [1.54, 1.807) is 29.4 Å². The molecule has 1 aliphatic rings. The van der Waals surface area contributed by atoms with Crippen molar-refractivity contribution in [3.05, 3.63) is 65.7 Å². The Morgan fingerprint density at radius 3 is 2.33 bits per heavy atom. The number of nitrogens with one attached hydrogen (secondary N) is 2. The van der Waals surface area contributed by atoms with Crippen LogP contribution in [-0.4, -0.2) is 31.8 Å². The molecule has 2 N–H and O–H groups in total. The van der Waals surface area contributed by atoms with Gasteiger partial charge >= 0.3 is 6.03 Å². The number of amides is 2. The number of carbonyl (C=O) groups excluding carboxylic acids is 1. The molecule has 0 radical (unpaired) electrons. The van der Waals surface area contributed by atoms with Crippen molar-refractivity contribution in [1.82, 2.24) is 9.62 Å². The van der Waals surface area contributed by atoms with Crippen molar-refractivity contribution >= 4 is 27.3 Å². The summed E-state index contributed by atoms with van der Waals surface area (Å²) < 4.78 is 28.2. The zero-order valence-corrected chi connectivity index (χ0v) is 20.9. The molecule has 1 heterocycles. The first kappa shape index (κ1) is 25.0. The monoisotopic (exact) mass is 469 g/mol. The number of allylic oxidation sites excluding steroid dienone is 1. The van der Waals surface area contributed by atoms with Gasteiger partial charge in [-0.25, -0.2) is 13.2 Å². The molecule has 3 rings (SSSR count). The van der Waals surface area contributed by atoms with Crippen molar-refractivity contribution in [2.24, 2.45) is 0 Å². The fraction of sp³-hybridized carbons (Fsp3) is 0.423. The highest BCUT2D eigenvalue weighted by Gasteiger charge is 2.28. The quantitative estimate of drug-likeness (QED) is 0.574. The van der Waals surface area contributed by atoms with E-state index in [0.29, 0.717) is 24.3 Å². The molecule has 0 atom stereocenters. The van der Waals surface area contributed by atoms with Gasteiger partial charge < -0.3 is 10.6 Å². The zero-order valence-electron chi connectivity index (χ0n) is 20.1. The molecule has 2 aromatic carbocycles. The summed E-state index contributed by atoms with van der Waals surface area (Å²) in [5, 5.41) is 5.80. The summed E-state index contributed by atoms with van der Waals surface area (Å²) in [6.45, 7) is 12.6. The van der Waals surface area contributed by atoms with Gasteiger partial charge in [0.15, 0.2) is 0 Å². The maximum absolute atomic E-state index is 13.3. The normalized spacial score (nSPS) is 15.5. The van der Waals surface area contributed by atoms with Gasteiger partial charge in [0, 0.05) is 18.8 Å². The Morgan fingerprint density at radius 1 is 1.03 bits per heavy atom. The molecule has 7 heteroatoms. The number of urea groups is 1. The Balaban J connectivity index is 1.77. The summed E-state index contributed by atoms with van der Waals surface area (Å²) in [5.41, 5.74) is 3.40. The standard InChI is InChI=1S/C26H35N3O3S/c1-19(2)21-11-10-12-22(17-21)26(4,5)28-25(30)27-23-14-13-20(3)24(18-23)33(31,32)29-15-8-6-7-9-16-29/h10-14,17-18H,1,6-9,15-16H2,2-5H3,(H2,27,28,30). The summed E-state index contributed by atoms with van der Waals surface area (Å²) in [5.74, 6) is 0. The van der Waals surface area contributed by atoms with Crippen molar-refractivity contribution in [3.63, 3.8) is 0 Å². The van der Waals surface area contributed by atoms with Crippen molar-refractivity contribution in [3.8, 4) is 0 Å². The molecule has 2 amide bonds. The van der Waals surface area contributed by atoms with Crippen LogP contribution in [-0.2, 0) is 15.6 Å². The number of anilines is 1. The smallest absolute Gasteiger partial charge is 0.319 e. The molecule has 33 heavy (non-hydrogen) atoms. The van der Waals surface area contributed by atoms with Gasteiger partial charge in [-0.2, -0.15) is 4.31 Å². The van der Waals surface area contributed by atoms with Crippen LogP contribution in [0.3, 0.4) is 0 Å². The topological polar surface area (TPSA) is 78.5 Å². The highest BCUT2D eigenvalue weighted by Crippen LogP contribution is 2.27. The summed E-state index contributed by atoms with van der Waals surface area (Å²) in [4.78, 5) is 13.1. The number of rotatable bonds is 6. The van der Waals surface area contributed by atoms with Crippen molar-refractivity contribution < 1.29 is 13.2 Å². The largest absolute Gasteiger partial charge is 0.329 e. The molecule has 0 spiro atoms. The molecule has 178 valence electrons. The van der Waals surface area contributed by atoms with Crippen LogP contribution in [0.2, 0.25) is 0 Å². The van der Waals surface area contributed by atoms with E-state index in [4.69, 9.17) is 0 Å². The highest BCUT2D eigenvalue weighted by atomic mass is 32.2. The second-order valence-corrected chi connectivity index (χ2v) is 11.3. The van der Waals surface area contributed by atoms with Gasteiger partial charge in [0.1, 0.15) is 0 Å². The molecule has 0 unspecified atom stereocenters. The molecule has 1 aliphatic heterocycles. The Morgan fingerprint density at radius 2 is 1.70 bits per heavy atom. The van der Waals surface area contributed by atoms with Crippen LogP contribution in [0.15, 0.2) is 53.9 Å². The average molecular weight is 470 g/mol. The second kappa shape index (κ2) is 10.1. The van der Waals surface area contributed by atoms with E-state index in [9.17, 15) is 13.2 Å². The van der Waals surface area contributed by atoms with Crippen molar-refractivity contribution in [2.75, 3.05) is 18.4 Å². The number of benzene rings is 2. The lowest BCUT2D eigenvalue weighted by Gasteiger charge is -2.28. The minimum absolute atomic E-state index is 0.246. The Hall–Kier alpha value is -2.64. The first-order valence-corrected chi connectivity index (χ1v) is 12.9. The van der Waals surface area contributed by atoms with Gasteiger partial charge in [-0.15, -0.1) is 0 Å². The van der Waals surface area contributed by atoms with Crippen LogP contribution in [0.1, 0.15) is 63.1 Å². The lowest BCUT2D eigenvalue weighted by Crippen LogP contribution is -2.43. The molecular formula is C26H35N3O3S. The fourth-order valence-corrected chi connectivity index (χ4v) is 5.84. The second-order valence-electron chi connectivity index (χ2n) is 9.36. The maximum Gasteiger partial charge on any atom is 0.319 e. The van der Waals surface area contributed by atoms with Crippen LogP contribution >= 0.6 is 0 Å². The minimum atomic E-state index is -3.61. The molecule has 1 saturated heterocycles. The Kier molecular flexibility index (Phi) is 7.65. The number of carbonyl (C=O) groups is 1. The van der Waals surface area contributed by atoms with Crippen molar-refractivity contribution in [1.29, 1.82) is 0 Å². The van der Waals surface area contributed by atoms with Crippen molar-refractivity contribution in [2.45, 2.75) is 63.8 Å². The number of hydrogen-bond acceptors (Lipinski definition) is 3. The Bertz CT molecular complexity index is 1130. The van der Waals surface area contributed by atoms with Crippen LogP contribution < -0.4 is 10.6 Å². The minimum Gasteiger partial charge on any atom is -0.329 e. The third-order valence-corrected chi connectivity index (χ3v) is 8.17. The SMILES string of the molecule is C=C(C)c1cccc(C(C)(C)NC(=O)Nc2ccc(C)c(S(=O)(=O)N3CCCCCC3)c2)c1. The molecule has 0 saturated carbocycles. The summed E-state index contributed by atoms with van der Waals surface area (Å²) in [6, 6.07) is 12.5. The van der Waals surface area contributed by atoms with E-state index in [2.05, 4.69) is 17.2 Å². The first-order chi connectivity index (χ1) is 15.5. The van der Waals surface area contributed by atoms with E-state index in [1.807, 2.05) is 45.0 Å². The van der Waals surface area contributed by atoms with Gasteiger partial charge in [-0.05, 0) is 75.4 Å². The molecule has 0 bridgehead atoms. The van der Waals surface area contributed by atoms with Gasteiger partial charge in [0.2, 0.25) is 10.0 Å². The lowest BCUT2D eigenvalue weighted by atomic mass is 9.92. The highest BCUT2D eigenvalue weighted by molar-refractivity contribution is 7.89. The number of sulfonamides is 1. The van der Waals surface area contributed by atoms with Gasteiger partial charge in [-0.1, -0.05) is 49.3 Å². The molecule has 6 nitrogen and oxygen atoms in total. The van der Waals surface area contributed by atoms with Crippen LogP contribution in [0.4, 0.5) is 10.5 Å². The van der Waals surface area contributed by atoms with Crippen LogP contribution in [0.25, 0.3) is 5.57 Å². The third kappa shape index (κ3) is 6.03. The molecule has 2 aromatic rings. The predicted molar refractivity (Wildman–Crippen MR) is 135 cm³/mol. The fourth-order valence-electron chi connectivity index (χ4n) is 4.07. The first-order valence-electron chi connectivity index (χ1n) is 11.5. The number of aryl methyl sites for hydroxylation is 1. The summed E-state index contributed by atoms with van der Waals surface area (Å²) in [7, 11) is -3.61. The van der Waals surface area contributed by atoms with Crippen LogP contribution in [0.5, 0.6) is 0 Å². The van der Waals surface area contributed by atoms with E-state index >= 15 is 0 Å². The van der Waals surface area contributed by atoms with Crippen LogP contribution in [0, 0.1) is 6.92 Å². The molecule has 0 aromatic heterocycles. The third-order valence-electron chi connectivity index (χ3n) is 6.13. The van der Waals surface area contributed by atoms with E-state index in [1.165, 1.54) is 0 Å². The average Bonchev–Trinajstić information content (AvgIpc) is 3.05. The van der Waals surface area contributed by atoms with Gasteiger partial charge in [0.05, 0.1) is 10.4 Å². The Labute approximate surface area is 198 Å². The lowest BCUT2D eigenvalue weighted by molar-refractivity contribution is 0.242.